The summed E-state index contributed by atoms with van der Waals surface area (Å²) < 4.78 is 32.5. The highest BCUT2D eigenvalue weighted by Crippen LogP contribution is 2.32. The number of oxazole rings is 1. The van der Waals surface area contributed by atoms with Crippen LogP contribution >= 0.6 is 23.8 Å². The van der Waals surface area contributed by atoms with E-state index in [9.17, 15) is 13.6 Å². The Labute approximate surface area is 186 Å². The summed E-state index contributed by atoms with van der Waals surface area (Å²) in [6, 6.07) is 13.8. The number of halogens is 3. The van der Waals surface area contributed by atoms with Gasteiger partial charge in [0, 0.05) is 11.3 Å². The van der Waals surface area contributed by atoms with Crippen molar-refractivity contribution in [2.45, 2.75) is 6.92 Å². The van der Waals surface area contributed by atoms with Crippen molar-refractivity contribution in [1.82, 2.24) is 10.3 Å². The maximum absolute atomic E-state index is 13.6. The van der Waals surface area contributed by atoms with Crippen LogP contribution in [0.3, 0.4) is 0 Å². The molecule has 0 aliphatic heterocycles. The van der Waals surface area contributed by atoms with Crippen molar-refractivity contribution < 1.29 is 18.0 Å². The van der Waals surface area contributed by atoms with E-state index in [1.165, 1.54) is 0 Å². The number of hydrogen-bond donors (Lipinski definition) is 2. The SMILES string of the molecule is Cc1ccc(C(=O)NC(=S)Nc2ccc3oc(-c4cc(F)c(F)cc4Cl)nc3c2)cc1. The highest BCUT2D eigenvalue weighted by Gasteiger charge is 2.16. The maximum atomic E-state index is 13.6. The molecule has 0 spiro atoms. The van der Waals surface area contributed by atoms with Gasteiger partial charge in [0.2, 0.25) is 5.89 Å². The van der Waals surface area contributed by atoms with Crippen LogP contribution in [0.1, 0.15) is 15.9 Å². The van der Waals surface area contributed by atoms with Gasteiger partial charge in [0.25, 0.3) is 5.91 Å². The van der Waals surface area contributed by atoms with E-state index >= 15 is 0 Å². The average Bonchev–Trinajstić information content (AvgIpc) is 3.14. The molecule has 31 heavy (non-hydrogen) atoms. The van der Waals surface area contributed by atoms with Crippen LogP contribution < -0.4 is 10.6 Å². The lowest BCUT2D eigenvalue weighted by atomic mass is 10.1. The Morgan fingerprint density at radius 1 is 1.06 bits per heavy atom. The largest absolute Gasteiger partial charge is 0.436 e. The van der Waals surface area contributed by atoms with E-state index in [4.69, 9.17) is 28.2 Å². The summed E-state index contributed by atoms with van der Waals surface area (Å²) in [5.41, 5.74) is 3.06. The van der Waals surface area contributed by atoms with Crippen molar-refractivity contribution in [1.29, 1.82) is 0 Å². The van der Waals surface area contributed by atoms with Gasteiger partial charge in [-0.2, -0.15) is 0 Å². The van der Waals surface area contributed by atoms with Crippen LogP contribution in [0.4, 0.5) is 14.5 Å². The summed E-state index contributed by atoms with van der Waals surface area (Å²) in [4.78, 5) is 16.6. The Hall–Kier alpha value is -3.36. The lowest BCUT2D eigenvalue weighted by Crippen LogP contribution is -2.34. The summed E-state index contributed by atoms with van der Waals surface area (Å²) in [6.07, 6.45) is 0. The number of aryl methyl sites for hydroxylation is 1. The predicted octanol–water partition coefficient (Wildman–Crippen LogP) is 5.86. The first-order chi connectivity index (χ1) is 14.8. The Kier molecular flexibility index (Phi) is 5.67. The fourth-order valence-electron chi connectivity index (χ4n) is 2.85. The molecule has 0 bridgehead atoms. The van der Waals surface area contributed by atoms with E-state index in [0.29, 0.717) is 22.4 Å². The van der Waals surface area contributed by atoms with Gasteiger partial charge < -0.3 is 9.73 Å². The van der Waals surface area contributed by atoms with E-state index in [2.05, 4.69) is 15.6 Å². The molecule has 4 rings (SSSR count). The molecule has 0 aliphatic rings. The third kappa shape index (κ3) is 4.55. The number of benzene rings is 3. The molecule has 0 atom stereocenters. The van der Waals surface area contributed by atoms with Gasteiger partial charge >= 0.3 is 0 Å². The average molecular weight is 458 g/mol. The van der Waals surface area contributed by atoms with Gasteiger partial charge in [-0.25, -0.2) is 13.8 Å². The Bertz CT molecular complexity index is 1320. The fourth-order valence-corrected chi connectivity index (χ4v) is 3.29. The number of carbonyl (C=O) groups excluding carboxylic acids is 1. The van der Waals surface area contributed by atoms with Gasteiger partial charge in [-0.15, -0.1) is 0 Å². The van der Waals surface area contributed by atoms with Crippen LogP contribution in [-0.2, 0) is 0 Å². The molecule has 9 heteroatoms. The van der Waals surface area contributed by atoms with Crippen LogP contribution in [0, 0.1) is 18.6 Å². The van der Waals surface area contributed by atoms with E-state index in [1.807, 2.05) is 19.1 Å². The number of nitrogens with one attached hydrogen (secondary N) is 2. The Balaban J connectivity index is 1.52. The highest BCUT2D eigenvalue weighted by atomic mass is 35.5. The minimum Gasteiger partial charge on any atom is -0.436 e. The molecule has 1 amide bonds. The number of rotatable bonds is 3. The number of hydrogen-bond acceptors (Lipinski definition) is 4. The Morgan fingerprint density at radius 2 is 1.77 bits per heavy atom. The molecule has 0 unspecified atom stereocenters. The number of amides is 1. The van der Waals surface area contributed by atoms with Crippen LogP contribution in [0.15, 0.2) is 59.0 Å². The summed E-state index contributed by atoms with van der Waals surface area (Å²) in [5.74, 6) is -2.40. The fraction of sp³-hybridized carbons (Fsp3) is 0.0455. The molecule has 0 saturated carbocycles. The number of thiocarbonyl (C=S) groups is 1. The van der Waals surface area contributed by atoms with E-state index in [-0.39, 0.29) is 27.5 Å². The number of carbonyl (C=O) groups is 1. The molecule has 156 valence electrons. The van der Waals surface area contributed by atoms with Crippen LogP contribution in [-0.4, -0.2) is 16.0 Å². The van der Waals surface area contributed by atoms with E-state index < -0.39 is 11.6 Å². The molecule has 1 heterocycles. The number of anilines is 1. The topological polar surface area (TPSA) is 67.2 Å². The van der Waals surface area contributed by atoms with Crippen molar-refractivity contribution in [2.75, 3.05) is 5.32 Å². The zero-order chi connectivity index (χ0) is 22.1. The number of fused-ring (bicyclic) bond motifs is 1. The lowest BCUT2D eigenvalue weighted by Gasteiger charge is -2.09. The molecule has 3 aromatic carbocycles. The van der Waals surface area contributed by atoms with Crippen molar-refractivity contribution in [3.05, 3.63) is 82.4 Å². The predicted molar refractivity (Wildman–Crippen MR) is 119 cm³/mol. The van der Waals surface area contributed by atoms with Gasteiger partial charge in [0.15, 0.2) is 22.3 Å². The zero-order valence-corrected chi connectivity index (χ0v) is 17.6. The number of aromatic nitrogens is 1. The summed E-state index contributed by atoms with van der Waals surface area (Å²) in [6.45, 7) is 1.93. The van der Waals surface area contributed by atoms with Crippen molar-refractivity contribution in [3.8, 4) is 11.5 Å². The van der Waals surface area contributed by atoms with Gasteiger partial charge in [-0.1, -0.05) is 29.3 Å². The minimum atomic E-state index is -1.06. The molecule has 5 nitrogen and oxygen atoms in total. The van der Waals surface area contributed by atoms with Crippen LogP contribution in [0.2, 0.25) is 5.02 Å². The van der Waals surface area contributed by atoms with Gasteiger partial charge in [-0.3, -0.25) is 10.1 Å². The Morgan fingerprint density at radius 3 is 2.52 bits per heavy atom. The van der Waals surface area contributed by atoms with Crippen LogP contribution in [0.25, 0.3) is 22.6 Å². The molecule has 1 aromatic heterocycles. The van der Waals surface area contributed by atoms with E-state index in [0.717, 1.165) is 17.7 Å². The summed E-state index contributed by atoms with van der Waals surface area (Å²) in [7, 11) is 0. The third-order valence-electron chi connectivity index (χ3n) is 4.43. The monoisotopic (exact) mass is 457 g/mol. The van der Waals surface area contributed by atoms with Crippen LogP contribution in [0.5, 0.6) is 0 Å². The van der Waals surface area contributed by atoms with Gasteiger partial charge in [0.05, 0.1) is 10.6 Å². The van der Waals surface area contributed by atoms with Crippen molar-refractivity contribution in [2.24, 2.45) is 0 Å². The molecular formula is C22H14ClF2N3O2S. The summed E-state index contributed by atoms with van der Waals surface area (Å²) in [5, 5.41) is 5.59. The molecule has 0 saturated heterocycles. The lowest BCUT2D eigenvalue weighted by molar-refractivity contribution is 0.0977. The maximum Gasteiger partial charge on any atom is 0.257 e. The first-order valence-electron chi connectivity index (χ1n) is 9.04. The van der Waals surface area contributed by atoms with E-state index in [1.54, 1.807) is 30.3 Å². The number of nitrogens with zero attached hydrogens (tertiary/aromatic N) is 1. The first kappa shape index (κ1) is 20.9. The second-order valence-electron chi connectivity index (χ2n) is 6.72. The smallest absolute Gasteiger partial charge is 0.257 e. The normalized spacial score (nSPS) is 10.8. The quantitative estimate of drug-likeness (QED) is 0.298. The molecule has 0 fully saturated rings. The molecular weight excluding hydrogens is 444 g/mol. The van der Waals surface area contributed by atoms with Crippen molar-refractivity contribution in [3.63, 3.8) is 0 Å². The second kappa shape index (κ2) is 8.41. The highest BCUT2D eigenvalue weighted by molar-refractivity contribution is 7.80. The third-order valence-corrected chi connectivity index (χ3v) is 4.94. The van der Waals surface area contributed by atoms with Crippen molar-refractivity contribution >= 4 is 51.6 Å². The zero-order valence-electron chi connectivity index (χ0n) is 16.0. The van der Waals surface area contributed by atoms with Gasteiger partial charge in [-0.05, 0) is 61.6 Å². The molecule has 0 aliphatic carbocycles. The summed E-state index contributed by atoms with van der Waals surface area (Å²) >= 11 is 11.2. The molecule has 0 radical (unpaired) electrons. The molecule has 4 aromatic rings. The molecule has 2 N–H and O–H groups in total. The standard InChI is InChI=1S/C22H14ClF2N3O2S/c1-11-2-4-12(5-3-11)20(29)28-22(31)26-13-6-7-19-18(8-13)27-21(30-19)14-9-16(24)17(25)10-15(14)23/h2-10H,1H3,(H2,26,28,29,31). The second-order valence-corrected chi connectivity index (χ2v) is 7.54. The minimum absolute atomic E-state index is 0.0243. The first-order valence-corrected chi connectivity index (χ1v) is 9.83. The van der Waals surface area contributed by atoms with Gasteiger partial charge in [0.1, 0.15) is 5.52 Å².